The smallest absolute Gasteiger partial charge is 1.00 e. The molecular formula is C47H58Cl2N3O5Ru. The predicted molar refractivity (Wildman–Crippen MR) is 225 cm³/mol. The Balaban J connectivity index is 0.00000372. The fraction of sp³-hybridized carbons (Fsp3) is 0.426. The van der Waals surface area contributed by atoms with Gasteiger partial charge in [-0.2, -0.15) is 0 Å². The predicted octanol–water partition coefficient (Wildman–Crippen LogP) is 4.09. The molecule has 4 aromatic rings. The molecule has 58 heavy (non-hydrogen) atoms. The van der Waals surface area contributed by atoms with Gasteiger partial charge in [0.2, 0.25) is 0 Å². The minimum absolute atomic E-state index is 0. The molecule has 1 fully saturated rings. The monoisotopic (exact) mass is 916 g/mol. The molecule has 0 aromatic heterocycles. The zero-order valence-corrected chi connectivity index (χ0v) is 38.8. The molecule has 8 nitrogen and oxygen atoms in total. The van der Waals surface area contributed by atoms with Gasteiger partial charge in [-0.1, -0.05) is 0 Å². The van der Waals surface area contributed by atoms with Crippen molar-refractivity contribution in [3.63, 3.8) is 0 Å². The van der Waals surface area contributed by atoms with Crippen LogP contribution in [-0.4, -0.2) is 54.6 Å². The number of benzene rings is 4. The second-order valence-electron chi connectivity index (χ2n) is 15.8. The Labute approximate surface area is 365 Å². The number of para-hydroxylation sites is 3. The molecule has 6 rings (SSSR count). The first-order valence-corrected chi connectivity index (χ1v) is 21.9. The van der Waals surface area contributed by atoms with E-state index in [9.17, 15) is 9.59 Å². The summed E-state index contributed by atoms with van der Waals surface area (Å²) in [4.78, 5) is 35.0. The number of imide groups is 1. The number of fused-ring (bicyclic) bond motifs is 1. The number of nitrogens with zero attached hydrogens (tertiary/aromatic N) is 3. The average Bonchev–Trinajstić information content (AvgIpc) is 3.61. The maximum Gasteiger partial charge on any atom is -1.00 e. The number of anilines is 3. The van der Waals surface area contributed by atoms with Crippen LogP contribution in [0.5, 0.6) is 17.2 Å². The second kappa shape index (κ2) is 19.9. The number of halogens is 2. The van der Waals surface area contributed by atoms with E-state index >= 15 is 0 Å². The standard InChI is InChI=1S/C27H39N2.C20H19NO5.2ClH.Ru/c1-18(2)22-11-9-12-23(19(3)4)26(22)28-15-16-29(17-28)27-24(20(5)6)13-10-14-25(27)21(7)8;1-5-16-20(23)21(15-8-6-7-12(2)18(15)26-16)19(22)14-10-9-13(24-3)11-17(14)25-4;;;/h9-14,17-21H,15-16H2,1-8H3;2,6-11,16H,5H2,1,3-4H3;2*1H;/q;;;;+2/p-2. The van der Waals surface area contributed by atoms with Gasteiger partial charge in [0.1, 0.15) is 0 Å². The van der Waals surface area contributed by atoms with E-state index in [4.69, 9.17) is 14.2 Å². The fourth-order valence-corrected chi connectivity index (χ4v) is 10.4. The van der Waals surface area contributed by atoms with Crippen LogP contribution in [0.2, 0.25) is 0 Å². The summed E-state index contributed by atoms with van der Waals surface area (Å²) < 4.78 is 19.9. The van der Waals surface area contributed by atoms with E-state index in [2.05, 4.69) is 112 Å². The SMILES string of the molecule is CCC1Oc2c(/[CH]=[Ru+2]/[CH]3N(c4c(C(C)C)cccc4C(C)C)CCN3c3c(C(C)C)cccc3C(C)C)cccc2N(C(=O)c2ccc(OC)cc2OC)C1=O.[Cl-].[Cl-]. The molecule has 0 radical (unpaired) electrons. The Morgan fingerprint density at radius 3 is 1.71 bits per heavy atom. The summed E-state index contributed by atoms with van der Waals surface area (Å²) in [5.74, 6) is 2.03. The third kappa shape index (κ3) is 8.98. The van der Waals surface area contributed by atoms with Crippen LogP contribution in [0.25, 0.3) is 0 Å². The van der Waals surface area contributed by atoms with E-state index in [1.165, 1.54) is 45.6 Å². The van der Waals surface area contributed by atoms with Gasteiger partial charge in [0.05, 0.1) is 0 Å². The maximum absolute atomic E-state index is 14.4. The Kier molecular flexibility index (Phi) is 16.0. The van der Waals surface area contributed by atoms with Gasteiger partial charge < -0.3 is 24.8 Å². The first-order valence-electron chi connectivity index (χ1n) is 19.9. The van der Waals surface area contributed by atoms with Gasteiger partial charge >= 0.3 is 343 Å². The van der Waals surface area contributed by atoms with Crippen LogP contribution in [0, 0.1) is 0 Å². The van der Waals surface area contributed by atoms with Crippen molar-refractivity contribution in [3.8, 4) is 17.2 Å². The van der Waals surface area contributed by atoms with Crippen molar-refractivity contribution in [1.29, 1.82) is 0 Å². The summed E-state index contributed by atoms with van der Waals surface area (Å²) in [5.41, 5.74) is 9.81. The Bertz CT molecular complexity index is 2000. The molecule has 0 spiro atoms. The average molecular weight is 917 g/mol. The van der Waals surface area contributed by atoms with Crippen molar-refractivity contribution in [2.24, 2.45) is 0 Å². The number of carbonyl (C=O) groups excluding carboxylic acids is 2. The second-order valence-corrected chi connectivity index (χ2v) is 17.8. The number of hydrogen-bond acceptors (Lipinski definition) is 7. The van der Waals surface area contributed by atoms with Gasteiger partial charge in [0, 0.05) is 0 Å². The normalized spacial score (nSPS) is 15.6. The summed E-state index contributed by atoms with van der Waals surface area (Å²) in [5, 5.41) is 0. The largest absolute Gasteiger partial charge is 1.00 e. The van der Waals surface area contributed by atoms with Gasteiger partial charge in [-0.05, 0) is 0 Å². The van der Waals surface area contributed by atoms with Crippen LogP contribution >= 0.6 is 0 Å². The molecule has 2 aliphatic heterocycles. The van der Waals surface area contributed by atoms with Crippen molar-refractivity contribution in [3.05, 3.63) is 106 Å². The first-order chi connectivity index (χ1) is 26.8. The van der Waals surface area contributed by atoms with E-state index in [1.54, 1.807) is 31.4 Å². The molecule has 2 aliphatic rings. The van der Waals surface area contributed by atoms with Crippen LogP contribution in [0.15, 0.2) is 72.8 Å². The van der Waals surface area contributed by atoms with E-state index < -0.39 is 28.7 Å². The van der Waals surface area contributed by atoms with Gasteiger partial charge in [-0.3, -0.25) is 0 Å². The first kappa shape index (κ1) is 46.8. The minimum atomic E-state index is -0.807. The van der Waals surface area contributed by atoms with Crippen LogP contribution in [0.3, 0.4) is 0 Å². The van der Waals surface area contributed by atoms with E-state index in [-0.39, 0.29) is 41.0 Å². The van der Waals surface area contributed by atoms with E-state index in [0.717, 1.165) is 18.7 Å². The Morgan fingerprint density at radius 1 is 0.759 bits per heavy atom. The molecule has 0 bridgehead atoms. The van der Waals surface area contributed by atoms with Crippen molar-refractivity contribution in [2.45, 2.75) is 103 Å². The molecule has 2 heterocycles. The molecular weight excluding hydrogens is 859 g/mol. The molecule has 1 saturated heterocycles. The fourth-order valence-electron chi connectivity index (χ4n) is 7.90. The molecule has 1 unspecified atom stereocenters. The van der Waals surface area contributed by atoms with E-state index in [0.29, 0.717) is 53.0 Å². The third-order valence-electron chi connectivity index (χ3n) is 10.8. The summed E-state index contributed by atoms with van der Waals surface area (Å²) in [6.07, 6.45) is -0.389. The van der Waals surface area contributed by atoms with Gasteiger partial charge in [-0.15, -0.1) is 0 Å². The number of methoxy groups -OCH3 is 2. The zero-order chi connectivity index (χ0) is 40.4. The maximum atomic E-state index is 14.4. The number of ether oxygens (including phenoxy) is 3. The minimum Gasteiger partial charge on any atom is -1.00 e. The number of hydrogen-bond donors (Lipinski definition) is 0. The van der Waals surface area contributed by atoms with E-state index in [1.807, 2.05) is 13.0 Å². The molecule has 4 aromatic carbocycles. The Hall–Kier alpha value is -3.91. The molecule has 2 amide bonds. The third-order valence-corrected chi connectivity index (χ3v) is 13.3. The van der Waals surface area contributed by atoms with Gasteiger partial charge in [0.15, 0.2) is 0 Å². The summed E-state index contributed by atoms with van der Waals surface area (Å²) in [6.45, 7) is 22.1. The topological polar surface area (TPSA) is 71.6 Å². The summed E-state index contributed by atoms with van der Waals surface area (Å²) in [6, 6.07) is 24.4. The van der Waals surface area contributed by atoms with Crippen molar-refractivity contribution < 1.29 is 65.3 Å². The number of rotatable bonds is 12. The van der Waals surface area contributed by atoms with Crippen LogP contribution in [0.4, 0.5) is 17.1 Å². The summed E-state index contributed by atoms with van der Waals surface area (Å²) in [7, 11) is 3.07. The van der Waals surface area contributed by atoms with Gasteiger partial charge in [-0.25, -0.2) is 0 Å². The van der Waals surface area contributed by atoms with Crippen LogP contribution in [0.1, 0.15) is 131 Å². The summed E-state index contributed by atoms with van der Waals surface area (Å²) >= 11 is -0.475. The number of amides is 2. The van der Waals surface area contributed by atoms with Crippen LogP contribution < -0.4 is 53.7 Å². The van der Waals surface area contributed by atoms with Crippen molar-refractivity contribution in [1.82, 2.24) is 0 Å². The Morgan fingerprint density at radius 2 is 1.26 bits per heavy atom. The van der Waals surface area contributed by atoms with Crippen molar-refractivity contribution in [2.75, 3.05) is 42.0 Å². The molecule has 1 atom stereocenters. The molecule has 11 heteroatoms. The van der Waals surface area contributed by atoms with Gasteiger partial charge in [0.25, 0.3) is 0 Å². The molecule has 0 N–H and O–H groups in total. The van der Waals surface area contributed by atoms with Crippen LogP contribution in [-0.2, 0) is 21.5 Å². The van der Waals surface area contributed by atoms with Crippen molar-refractivity contribution >= 4 is 33.5 Å². The molecule has 313 valence electrons. The quantitative estimate of drug-likeness (QED) is 0.157. The molecule has 0 aliphatic carbocycles. The number of carbonyl (C=O) groups is 2. The molecule has 0 saturated carbocycles. The zero-order valence-electron chi connectivity index (χ0n) is 35.6.